The van der Waals surface area contributed by atoms with E-state index in [1.807, 2.05) is 53.9 Å². The first-order chi connectivity index (χ1) is 13.2. The van der Waals surface area contributed by atoms with Gasteiger partial charge in [-0.1, -0.05) is 6.07 Å². The molecule has 0 fully saturated rings. The molecular formula is C19H25IN6O2. The van der Waals surface area contributed by atoms with Crippen LogP contribution >= 0.6 is 24.0 Å². The monoisotopic (exact) mass is 496 g/mol. The van der Waals surface area contributed by atoms with E-state index in [1.54, 1.807) is 14.2 Å². The first kappa shape index (κ1) is 21.7. The second-order valence-corrected chi connectivity index (χ2v) is 5.75. The van der Waals surface area contributed by atoms with E-state index in [2.05, 4.69) is 25.8 Å². The molecule has 0 aliphatic heterocycles. The number of nitrogens with zero attached hydrogens (tertiary/aromatic N) is 4. The van der Waals surface area contributed by atoms with Crippen LogP contribution in [0.2, 0.25) is 0 Å². The zero-order chi connectivity index (χ0) is 19.1. The molecule has 0 unspecified atom stereocenters. The summed E-state index contributed by atoms with van der Waals surface area (Å²) in [7, 11) is 3.23. The number of nitrogens with one attached hydrogen (secondary N) is 2. The maximum absolute atomic E-state index is 5.35. The van der Waals surface area contributed by atoms with Crippen LogP contribution in [0.4, 0.5) is 5.69 Å². The average molecular weight is 496 g/mol. The van der Waals surface area contributed by atoms with E-state index in [-0.39, 0.29) is 24.0 Å². The Morgan fingerprint density at radius 1 is 1.11 bits per heavy atom. The number of hydrogen-bond acceptors (Lipinski definition) is 5. The highest BCUT2D eigenvalue weighted by Crippen LogP contribution is 2.29. The normalized spacial score (nSPS) is 11.0. The minimum atomic E-state index is 0. The second-order valence-electron chi connectivity index (χ2n) is 5.75. The molecule has 2 N–H and O–H groups in total. The topological polar surface area (TPSA) is 85.1 Å². The maximum atomic E-state index is 5.35. The van der Waals surface area contributed by atoms with Gasteiger partial charge in [-0.15, -0.1) is 34.2 Å². The molecule has 0 spiro atoms. The third-order valence-electron chi connectivity index (χ3n) is 3.98. The van der Waals surface area contributed by atoms with Crippen molar-refractivity contribution in [1.82, 2.24) is 19.9 Å². The highest BCUT2D eigenvalue weighted by atomic mass is 127. The van der Waals surface area contributed by atoms with E-state index in [4.69, 9.17) is 9.47 Å². The molecular weight excluding hydrogens is 471 g/mol. The molecule has 0 bridgehead atoms. The van der Waals surface area contributed by atoms with E-state index < -0.39 is 0 Å². The number of aromatic nitrogens is 3. The van der Waals surface area contributed by atoms with Crippen LogP contribution in [0.25, 0.3) is 5.65 Å². The van der Waals surface area contributed by atoms with Gasteiger partial charge in [-0.05, 0) is 31.2 Å². The lowest BCUT2D eigenvalue weighted by atomic mass is 10.3. The molecule has 9 heteroatoms. The van der Waals surface area contributed by atoms with Crippen molar-refractivity contribution in [3.05, 3.63) is 48.4 Å². The number of pyridine rings is 1. The first-order valence-electron chi connectivity index (χ1n) is 8.81. The predicted molar refractivity (Wildman–Crippen MR) is 121 cm³/mol. The van der Waals surface area contributed by atoms with Gasteiger partial charge in [-0.25, -0.2) is 0 Å². The fraction of sp³-hybridized carbons (Fsp3) is 0.316. The van der Waals surface area contributed by atoms with Gasteiger partial charge in [0.25, 0.3) is 0 Å². The molecule has 0 saturated heterocycles. The molecule has 2 aromatic heterocycles. The SMILES string of the molecule is CCNC(=NCCc1nnc2ccccn12)Nc1ccc(OC)c(OC)c1.I. The third kappa shape index (κ3) is 5.24. The van der Waals surface area contributed by atoms with Crippen molar-refractivity contribution in [3.8, 4) is 11.5 Å². The molecule has 0 amide bonds. The lowest BCUT2D eigenvalue weighted by Crippen LogP contribution is -2.31. The van der Waals surface area contributed by atoms with E-state index in [0.29, 0.717) is 30.4 Å². The Kier molecular flexibility index (Phi) is 8.30. The van der Waals surface area contributed by atoms with Crippen LogP contribution in [-0.2, 0) is 6.42 Å². The molecule has 0 saturated carbocycles. The van der Waals surface area contributed by atoms with Gasteiger partial charge < -0.3 is 20.1 Å². The van der Waals surface area contributed by atoms with Crippen LogP contribution in [0.3, 0.4) is 0 Å². The van der Waals surface area contributed by atoms with Crippen LogP contribution in [0.15, 0.2) is 47.6 Å². The van der Waals surface area contributed by atoms with Crippen molar-refractivity contribution in [1.29, 1.82) is 0 Å². The number of guanidine groups is 1. The number of methoxy groups -OCH3 is 2. The Labute approximate surface area is 181 Å². The number of ether oxygens (including phenoxy) is 2. The van der Waals surface area contributed by atoms with Gasteiger partial charge in [0, 0.05) is 37.5 Å². The Hall–Kier alpha value is -2.56. The van der Waals surface area contributed by atoms with Crippen LogP contribution < -0.4 is 20.1 Å². The molecule has 0 aliphatic carbocycles. The van der Waals surface area contributed by atoms with Gasteiger partial charge in [0.2, 0.25) is 0 Å². The summed E-state index contributed by atoms with van der Waals surface area (Å²) in [6, 6.07) is 11.5. The lowest BCUT2D eigenvalue weighted by molar-refractivity contribution is 0.355. The van der Waals surface area contributed by atoms with E-state index in [9.17, 15) is 0 Å². The number of rotatable bonds is 7. The summed E-state index contributed by atoms with van der Waals surface area (Å²) >= 11 is 0. The summed E-state index contributed by atoms with van der Waals surface area (Å²) in [5, 5.41) is 14.9. The molecule has 1 aromatic carbocycles. The number of hydrogen-bond donors (Lipinski definition) is 2. The Morgan fingerprint density at radius 2 is 1.93 bits per heavy atom. The number of anilines is 1. The van der Waals surface area contributed by atoms with Crippen LogP contribution in [-0.4, -0.2) is 47.9 Å². The first-order valence-corrected chi connectivity index (χ1v) is 8.81. The smallest absolute Gasteiger partial charge is 0.195 e. The quantitative estimate of drug-likeness (QED) is 0.297. The lowest BCUT2D eigenvalue weighted by Gasteiger charge is -2.13. The van der Waals surface area contributed by atoms with Crippen LogP contribution in [0.1, 0.15) is 12.7 Å². The number of aliphatic imine (C=N–C) groups is 1. The second kappa shape index (κ2) is 10.7. The molecule has 0 aliphatic rings. The fourth-order valence-corrected chi connectivity index (χ4v) is 2.69. The summed E-state index contributed by atoms with van der Waals surface area (Å²) in [5.74, 6) is 2.92. The number of benzene rings is 1. The summed E-state index contributed by atoms with van der Waals surface area (Å²) in [6.45, 7) is 3.36. The molecule has 3 aromatic rings. The number of fused-ring (bicyclic) bond motifs is 1. The third-order valence-corrected chi connectivity index (χ3v) is 3.98. The maximum Gasteiger partial charge on any atom is 0.195 e. The Balaban J connectivity index is 0.00000280. The summed E-state index contributed by atoms with van der Waals surface area (Å²) in [4.78, 5) is 4.63. The summed E-state index contributed by atoms with van der Waals surface area (Å²) < 4.78 is 12.6. The van der Waals surface area contributed by atoms with Gasteiger partial charge >= 0.3 is 0 Å². The van der Waals surface area contributed by atoms with Gasteiger partial charge in [0.1, 0.15) is 5.82 Å². The molecule has 150 valence electrons. The van der Waals surface area contributed by atoms with Crippen molar-refractivity contribution in [2.75, 3.05) is 32.6 Å². The van der Waals surface area contributed by atoms with Gasteiger partial charge in [0.15, 0.2) is 23.1 Å². The minimum absolute atomic E-state index is 0. The highest BCUT2D eigenvalue weighted by Gasteiger charge is 2.07. The Morgan fingerprint density at radius 3 is 2.68 bits per heavy atom. The van der Waals surface area contributed by atoms with Crippen molar-refractivity contribution >= 4 is 41.3 Å². The van der Waals surface area contributed by atoms with Crippen molar-refractivity contribution in [2.45, 2.75) is 13.3 Å². The van der Waals surface area contributed by atoms with Gasteiger partial charge in [-0.3, -0.25) is 9.39 Å². The van der Waals surface area contributed by atoms with E-state index in [0.717, 1.165) is 23.7 Å². The molecule has 0 radical (unpaired) electrons. The van der Waals surface area contributed by atoms with E-state index >= 15 is 0 Å². The zero-order valence-corrected chi connectivity index (χ0v) is 18.5. The van der Waals surface area contributed by atoms with E-state index in [1.165, 1.54) is 0 Å². The molecule has 28 heavy (non-hydrogen) atoms. The highest BCUT2D eigenvalue weighted by molar-refractivity contribution is 14.0. The van der Waals surface area contributed by atoms with Crippen LogP contribution in [0.5, 0.6) is 11.5 Å². The average Bonchev–Trinajstić information content (AvgIpc) is 3.11. The van der Waals surface area contributed by atoms with Gasteiger partial charge in [-0.2, -0.15) is 0 Å². The largest absolute Gasteiger partial charge is 0.493 e. The van der Waals surface area contributed by atoms with Crippen molar-refractivity contribution in [3.63, 3.8) is 0 Å². The molecule has 8 nitrogen and oxygen atoms in total. The zero-order valence-electron chi connectivity index (χ0n) is 16.2. The predicted octanol–water partition coefficient (Wildman–Crippen LogP) is 2.98. The minimum Gasteiger partial charge on any atom is -0.493 e. The molecule has 3 rings (SSSR count). The van der Waals surface area contributed by atoms with Gasteiger partial charge in [0.05, 0.1) is 14.2 Å². The summed E-state index contributed by atoms with van der Waals surface area (Å²) in [6.07, 6.45) is 2.65. The molecule has 2 heterocycles. The fourth-order valence-electron chi connectivity index (χ4n) is 2.69. The Bertz CT molecular complexity index is 928. The summed E-state index contributed by atoms with van der Waals surface area (Å²) in [5.41, 5.74) is 1.70. The van der Waals surface area contributed by atoms with Crippen LogP contribution in [0, 0.1) is 0 Å². The van der Waals surface area contributed by atoms with Crippen molar-refractivity contribution in [2.24, 2.45) is 4.99 Å². The number of halogens is 1. The van der Waals surface area contributed by atoms with Crippen molar-refractivity contribution < 1.29 is 9.47 Å². The standard InChI is InChI=1S/C19H24N6O2.HI/c1-4-20-19(22-14-8-9-15(26-2)16(13-14)27-3)21-11-10-18-24-23-17-7-5-6-12-25(17)18;/h5-9,12-13H,4,10-11H2,1-3H3,(H2,20,21,22);1H. The molecule has 0 atom stereocenters.